The summed E-state index contributed by atoms with van der Waals surface area (Å²) in [7, 11) is 0. The van der Waals surface area contributed by atoms with E-state index in [4.69, 9.17) is 4.42 Å². The Morgan fingerprint density at radius 2 is 0.982 bits per heavy atom. The SMILES string of the molecule is c1ccc(N2c3cc4ccccc4cc3N3c4ccccc4-c4cc5c6ccccc6n(-c6ccc7c(c6)oc6ccccc67)c5cc4-c4cccc2c43)cc1. The largest absolute Gasteiger partial charge is 0.456 e. The fraction of sp³-hybridized carbons (Fsp3) is 0. The van der Waals surface area contributed by atoms with Crippen molar-refractivity contribution in [3.8, 4) is 27.9 Å². The molecule has 2 aromatic heterocycles. The Morgan fingerprint density at radius 3 is 1.86 bits per heavy atom. The standard InChI is InChI=1S/C52H31N3O/c1-2-15-34(16-3-1)53-46-23-12-20-40-42-31-47-43(37-18-7-9-21-44(37)54(47)35-25-26-39-38-19-8-11-24-50(38)56-51(39)29-35)30-41(42)36-17-6-10-22-45(36)55(52(40)46)49-28-33-14-5-4-13-32(33)27-48(49)53/h1-31H. The molecule has 0 radical (unpaired) electrons. The van der Waals surface area contributed by atoms with Gasteiger partial charge in [0.15, 0.2) is 0 Å². The molecule has 4 heteroatoms. The van der Waals surface area contributed by atoms with Gasteiger partial charge in [-0.15, -0.1) is 0 Å². The number of benzene rings is 9. The van der Waals surface area contributed by atoms with Crippen LogP contribution in [0.15, 0.2) is 192 Å². The number of hydrogen-bond donors (Lipinski definition) is 0. The van der Waals surface area contributed by atoms with Gasteiger partial charge in [0, 0.05) is 50.1 Å². The van der Waals surface area contributed by atoms with Crippen LogP contribution in [0, 0.1) is 0 Å². The summed E-state index contributed by atoms with van der Waals surface area (Å²) in [5, 5.41) is 7.14. The molecule has 4 heterocycles. The lowest BCUT2D eigenvalue weighted by molar-refractivity contribution is 0.668. The molecule has 13 rings (SSSR count). The quantitative estimate of drug-likeness (QED) is 0.178. The van der Waals surface area contributed by atoms with Gasteiger partial charge in [-0.05, 0) is 94.7 Å². The van der Waals surface area contributed by atoms with Crippen LogP contribution in [-0.4, -0.2) is 4.57 Å². The fourth-order valence-electron chi connectivity index (χ4n) is 9.58. The van der Waals surface area contributed by atoms with Crippen molar-refractivity contribution < 1.29 is 4.42 Å². The molecule has 0 bridgehead atoms. The summed E-state index contributed by atoms with van der Waals surface area (Å²) in [6, 6.07) is 68.6. The third-order valence-corrected chi connectivity index (χ3v) is 12.0. The normalized spacial score (nSPS) is 12.9. The van der Waals surface area contributed by atoms with E-state index in [-0.39, 0.29) is 0 Å². The number of furan rings is 1. The van der Waals surface area contributed by atoms with E-state index in [9.17, 15) is 0 Å². The molecule has 0 spiro atoms. The Hall–Kier alpha value is -7.56. The van der Waals surface area contributed by atoms with Gasteiger partial charge in [-0.1, -0.05) is 109 Å². The van der Waals surface area contributed by atoms with E-state index in [0.717, 1.165) is 55.9 Å². The van der Waals surface area contributed by atoms with Gasteiger partial charge in [-0.2, -0.15) is 0 Å². The number of anilines is 6. The summed E-state index contributed by atoms with van der Waals surface area (Å²) in [6.07, 6.45) is 0. The summed E-state index contributed by atoms with van der Waals surface area (Å²) in [5.74, 6) is 0. The lowest BCUT2D eigenvalue weighted by Gasteiger charge is -2.41. The first-order valence-corrected chi connectivity index (χ1v) is 19.2. The van der Waals surface area contributed by atoms with Crippen molar-refractivity contribution in [3.63, 3.8) is 0 Å². The summed E-state index contributed by atoms with van der Waals surface area (Å²) in [5.41, 5.74) is 17.0. The van der Waals surface area contributed by atoms with Crippen LogP contribution in [0.1, 0.15) is 0 Å². The van der Waals surface area contributed by atoms with Crippen LogP contribution in [0.25, 0.3) is 82.5 Å². The molecule has 2 aliphatic rings. The minimum atomic E-state index is 0.887. The third kappa shape index (κ3) is 3.97. The predicted octanol–water partition coefficient (Wildman–Crippen LogP) is 14.7. The number of nitrogens with zero attached hydrogens (tertiary/aromatic N) is 3. The molecule has 9 aromatic carbocycles. The average molecular weight is 714 g/mol. The van der Waals surface area contributed by atoms with E-state index in [2.05, 4.69) is 190 Å². The number of aromatic nitrogens is 1. The Balaban J connectivity index is 1.14. The van der Waals surface area contributed by atoms with Gasteiger partial charge < -0.3 is 18.8 Å². The van der Waals surface area contributed by atoms with Crippen LogP contribution in [0.4, 0.5) is 34.1 Å². The second-order valence-corrected chi connectivity index (χ2v) is 14.9. The Kier molecular flexibility index (Phi) is 5.86. The van der Waals surface area contributed by atoms with E-state index in [0.29, 0.717) is 0 Å². The first kappa shape index (κ1) is 29.8. The van der Waals surface area contributed by atoms with Crippen LogP contribution >= 0.6 is 0 Å². The van der Waals surface area contributed by atoms with Crippen molar-refractivity contribution in [3.05, 3.63) is 188 Å². The molecule has 0 saturated carbocycles. The lowest BCUT2D eigenvalue weighted by atomic mass is 9.92. The molecule has 4 nitrogen and oxygen atoms in total. The molecule has 2 aliphatic heterocycles. The molecule has 0 unspecified atom stereocenters. The molecule has 0 aliphatic carbocycles. The first-order valence-electron chi connectivity index (χ1n) is 19.2. The molecule has 0 saturated heterocycles. The van der Waals surface area contributed by atoms with E-state index < -0.39 is 0 Å². The smallest absolute Gasteiger partial charge is 0.137 e. The van der Waals surface area contributed by atoms with E-state index in [1.54, 1.807) is 0 Å². The van der Waals surface area contributed by atoms with Crippen LogP contribution in [0.3, 0.4) is 0 Å². The fourth-order valence-corrected chi connectivity index (χ4v) is 9.58. The maximum absolute atomic E-state index is 6.43. The monoisotopic (exact) mass is 713 g/mol. The molecule has 56 heavy (non-hydrogen) atoms. The van der Waals surface area contributed by atoms with Gasteiger partial charge in [0.25, 0.3) is 0 Å². The maximum atomic E-state index is 6.43. The first-order chi connectivity index (χ1) is 27.8. The van der Waals surface area contributed by atoms with E-state index in [1.807, 2.05) is 12.1 Å². The van der Waals surface area contributed by atoms with Crippen LogP contribution in [-0.2, 0) is 0 Å². The second kappa shape index (κ2) is 11.0. The highest BCUT2D eigenvalue weighted by atomic mass is 16.3. The van der Waals surface area contributed by atoms with Gasteiger partial charge in [-0.3, -0.25) is 0 Å². The number of rotatable bonds is 2. The number of hydrogen-bond acceptors (Lipinski definition) is 3. The zero-order valence-corrected chi connectivity index (χ0v) is 30.1. The third-order valence-electron chi connectivity index (χ3n) is 12.0. The van der Waals surface area contributed by atoms with Crippen molar-refractivity contribution in [2.45, 2.75) is 0 Å². The number of para-hydroxylation sites is 5. The highest BCUT2D eigenvalue weighted by Crippen LogP contribution is 2.61. The molecular weight excluding hydrogens is 683 g/mol. The van der Waals surface area contributed by atoms with Gasteiger partial charge in [0.2, 0.25) is 0 Å². The Bertz CT molecular complexity index is 3450. The summed E-state index contributed by atoms with van der Waals surface area (Å²) >= 11 is 0. The zero-order valence-electron chi connectivity index (χ0n) is 30.1. The second-order valence-electron chi connectivity index (χ2n) is 14.9. The zero-order chi connectivity index (χ0) is 36.5. The average Bonchev–Trinajstić information content (AvgIpc) is 3.75. The van der Waals surface area contributed by atoms with Crippen molar-refractivity contribution in [1.82, 2.24) is 4.57 Å². The van der Waals surface area contributed by atoms with Gasteiger partial charge in [0.1, 0.15) is 11.2 Å². The predicted molar refractivity (Wildman–Crippen MR) is 233 cm³/mol. The Labute approximate surface area is 322 Å². The summed E-state index contributed by atoms with van der Waals surface area (Å²) in [6.45, 7) is 0. The van der Waals surface area contributed by atoms with Crippen molar-refractivity contribution in [2.75, 3.05) is 9.80 Å². The van der Waals surface area contributed by atoms with Crippen LogP contribution in [0.2, 0.25) is 0 Å². The van der Waals surface area contributed by atoms with Gasteiger partial charge in [0.05, 0.1) is 39.5 Å². The van der Waals surface area contributed by atoms with Crippen LogP contribution < -0.4 is 9.80 Å². The highest BCUT2D eigenvalue weighted by Gasteiger charge is 2.37. The highest BCUT2D eigenvalue weighted by molar-refractivity contribution is 6.18. The molecule has 11 aromatic rings. The molecule has 0 amide bonds. The number of fused-ring (bicyclic) bond motifs is 14. The molecule has 0 atom stereocenters. The van der Waals surface area contributed by atoms with E-state index in [1.165, 1.54) is 60.7 Å². The van der Waals surface area contributed by atoms with Crippen molar-refractivity contribution in [1.29, 1.82) is 0 Å². The molecule has 260 valence electrons. The Morgan fingerprint density at radius 1 is 0.321 bits per heavy atom. The minimum Gasteiger partial charge on any atom is -0.456 e. The maximum Gasteiger partial charge on any atom is 0.137 e. The van der Waals surface area contributed by atoms with Gasteiger partial charge >= 0.3 is 0 Å². The van der Waals surface area contributed by atoms with Crippen LogP contribution in [0.5, 0.6) is 0 Å². The summed E-state index contributed by atoms with van der Waals surface area (Å²) in [4.78, 5) is 4.97. The van der Waals surface area contributed by atoms with Crippen molar-refractivity contribution in [2.24, 2.45) is 0 Å². The lowest BCUT2D eigenvalue weighted by Crippen LogP contribution is -2.24. The minimum absolute atomic E-state index is 0.887. The van der Waals surface area contributed by atoms with E-state index >= 15 is 0 Å². The summed E-state index contributed by atoms with van der Waals surface area (Å²) < 4.78 is 8.85. The molecular formula is C52H31N3O. The van der Waals surface area contributed by atoms with Gasteiger partial charge in [-0.25, -0.2) is 0 Å². The van der Waals surface area contributed by atoms with Crippen molar-refractivity contribution >= 4 is 88.6 Å². The topological polar surface area (TPSA) is 24.6 Å². The molecule has 0 N–H and O–H groups in total. The molecule has 0 fully saturated rings.